The maximum absolute atomic E-state index is 12.9. The lowest BCUT2D eigenvalue weighted by molar-refractivity contribution is -0.166. The Morgan fingerprint density at radius 2 is 0.532 bits per heavy atom. The van der Waals surface area contributed by atoms with Crippen LogP contribution in [0.2, 0.25) is 0 Å². The molecule has 0 rings (SSSR count). The van der Waals surface area contributed by atoms with E-state index in [9.17, 15) is 14.4 Å². The van der Waals surface area contributed by atoms with E-state index in [1.807, 2.05) is 6.08 Å². The van der Waals surface area contributed by atoms with Crippen LogP contribution in [0.25, 0.3) is 0 Å². The van der Waals surface area contributed by atoms with E-state index in [4.69, 9.17) is 14.2 Å². The van der Waals surface area contributed by atoms with Gasteiger partial charge >= 0.3 is 17.9 Å². The molecule has 0 aliphatic heterocycles. The van der Waals surface area contributed by atoms with Crippen LogP contribution in [0, 0.1) is 0 Å². The van der Waals surface area contributed by atoms with Gasteiger partial charge in [0.25, 0.3) is 0 Å². The Labute approximate surface area is 477 Å². The quantitative estimate of drug-likeness (QED) is 0.0261. The highest BCUT2D eigenvalue weighted by Gasteiger charge is 2.19. The molecule has 0 aliphatic carbocycles. The Morgan fingerprint density at radius 1 is 0.273 bits per heavy atom. The normalized spacial score (nSPS) is 12.7. The van der Waals surface area contributed by atoms with Gasteiger partial charge in [-0.2, -0.15) is 0 Å². The zero-order valence-electron chi connectivity index (χ0n) is 50.7. The van der Waals surface area contributed by atoms with Gasteiger partial charge in [0.05, 0.1) is 0 Å². The van der Waals surface area contributed by atoms with E-state index in [1.54, 1.807) is 0 Å². The smallest absolute Gasteiger partial charge is 0.306 e. The fraction of sp³-hybridized carbons (Fsp3) is 0.732. The molecule has 442 valence electrons. The number of ether oxygens (including phenoxy) is 3. The van der Waals surface area contributed by atoms with Gasteiger partial charge in [0.1, 0.15) is 13.2 Å². The second-order valence-corrected chi connectivity index (χ2v) is 21.6. The van der Waals surface area contributed by atoms with Crippen molar-refractivity contribution >= 4 is 17.9 Å². The molecule has 0 saturated heterocycles. The van der Waals surface area contributed by atoms with Gasteiger partial charge in [-0.25, -0.2) is 0 Å². The van der Waals surface area contributed by atoms with Crippen LogP contribution >= 0.6 is 0 Å². The first-order chi connectivity index (χ1) is 38.0. The third-order valence-corrected chi connectivity index (χ3v) is 14.1. The minimum atomic E-state index is -0.823. The SMILES string of the molecule is CC/C=C\C/C=C\C/C=C\C/C=C\C/C=C\C/C=C\CCC(=O)OC(COC(=O)CCCCCCC/C=C\CCCCCCCC)COC(=O)CCCCCCCCCCCCCCC/C=C\CCCCCCCCCC. The number of carbonyl (C=O) groups excluding carboxylic acids is 3. The van der Waals surface area contributed by atoms with Crippen LogP contribution in [-0.4, -0.2) is 37.2 Å². The van der Waals surface area contributed by atoms with Gasteiger partial charge < -0.3 is 14.2 Å². The molecular formula is C71H122O6. The maximum Gasteiger partial charge on any atom is 0.306 e. The van der Waals surface area contributed by atoms with Crippen molar-refractivity contribution in [2.45, 2.75) is 322 Å². The molecule has 1 unspecified atom stereocenters. The number of unbranched alkanes of at least 4 members (excludes halogenated alkanes) is 32. The summed E-state index contributed by atoms with van der Waals surface area (Å²) >= 11 is 0. The molecular weight excluding hydrogens is 949 g/mol. The molecule has 0 aromatic heterocycles. The summed E-state index contributed by atoms with van der Waals surface area (Å²) in [6, 6.07) is 0. The zero-order chi connectivity index (χ0) is 55.7. The molecule has 0 amide bonds. The molecule has 0 aromatic rings. The summed E-state index contributed by atoms with van der Waals surface area (Å²) in [5, 5.41) is 0. The summed E-state index contributed by atoms with van der Waals surface area (Å²) in [5.41, 5.74) is 0. The molecule has 6 nitrogen and oxygen atoms in total. The predicted molar refractivity (Wildman–Crippen MR) is 334 cm³/mol. The molecule has 0 N–H and O–H groups in total. The molecule has 0 aliphatic rings. The summed E-state index contributed by atoms with van der Waals surface area (Å²) in [7, 11) is 0. The molecule has 0 spiro atoms. The van der Waals surface area contributed by atoms with Crippen LogP contribution < -0.4 is 0 Å². The lowest BCUT2D eigenvalue weighted by Crippen LogP contribution is -2.30. The van der Waals surface area contributed by atoms with E-state index >= 15 is 0 Å². The molecule has 0 saturated carbocycles. The lowest BCUT2D eigenvalue weighted by Gasteiger charge is -2.18. The van der Waals surface area contributed by atoms with Crippen molar-refractivity contribution in [2.24, 2.45) is 0 Å². The van der Waals surface area contributed by atoms with Crippen LogP contribution in [0.3, 0.4) is 0 Å². The Balaban J connectivity index is 4.41. The van der Waals surface area contributed by atoms with Crippen molar-refractivity contribution in [2.75, 3.05) is 13.2 Å². The van der Waals surface area contributed by atoms with Gasteiger partial charge in [-0.1, -0.05) is 285 Å². The van der Waals surface area contributed by atoms with Crippen molar-refractivity contribution < 1.29 is 28.6 Å². The first-order valence-electron chi connectivity index (χ1n) is 32.7. The average molecular weight is 1070 g/mol. The van der Waals surface area contributed by atoms with E-state index in [0.29, 0.717) is 19.3 Å². The minimum Gasteiger partial charge on any atom is -0.462 e. The molecule has 6 heteroatoms. The number of allylic oxidation sites excluding steroid dienone is 16. The highest BCUT2D eigenvalue weighted by Crippen LogP contribution is 2.16. The van der Waals surface area contributed by atoms with Gasteiger partial charge in [0, 0.05) is 19.3 Å². The second kappa shape index (κ2) is 64.9. The standard InChI is InChI=1S/C71H122O6/c1-4-7-10-13-16-19-22-25-28-30-32-33-34-35-36-37-39-40-43-46-49-52-55-58-61-64-70(73)76-67-68(66-75-69(72)63-60-57-54-51-48-45-42-27-24-21-18-15-12-9-6-3)77-71(74)65-62-59-56-53-50-47-44-41-38-31-29-26-23-20-17-14-11-8-5-2/h8,11,17,20,26-27,29-30,32,38,41-42,47,50,56,59,68H,4-7,9-10,12-16,18-19,21-25,28,31,33-37,39-40,43-46,48-49,51-55,57-58,60-67H2,1-3H3/b11-8-,20-17-,29-26-,32-30-,41-38-,42-27-,50-47-,59-56-. The van der Waals surface area contributed by atoms with Crippen LogP contribution in [0.15, 0.2) is 97.2 Å². The van der Waals surface area contributed by atoms with E-state index in [2.05, 4.69) is 112 Å². The molecule has 0 heterocycles. The second-order valence-electron chi connectivity index (χ2n) is 21.6. The van der Waals surface area contributed by atoms with E-state index in [-0.39, 0.29) is 31.6 Å². The summed E-state index contributed by atoms with van der Waals surface area (Å²) < 4.78 is 16.9. The van der Waals surface area contributed by atoms with Gasteiger partial charge in [-0.3, -0.25) is 14.4 Å². The van der Waals surface area contributed by atoms with Crippen LogP contribution in [0.5, 0.6) is 0 Å². The van der Waals surface area contributed by atoms with Crippen molar-refractivity contribution in [3.8, 4) is 0 Å². The Morgan fingerprint density at radius 3 is 0.844 bits per heavy atom. The Bertz CT molecular complexity index is 1510. The topological polar surface area (TPSA) is 78.9 Å². The van der Waals surface area contributed by atoms with Crippen molar-refractivity contribution in [3.05, 3.63) is 97.2 Å². The monoisotopic (exact) mass is 1070 g/mol. The third-order valence-electron chi connectivity index (χ3n) is 14.1. The highest BCUT2D eigenvalue weighted by atomic mass is 16.6. The molecule has 0 bridgehead atoms. The van der Waals surface area contributed by atoms with Gasteiger partial charge in [0.15, 0.2) is 6.10 Å². The number of hydrogen-bond donors (Lipinski definition) is 0. The maximum atomic E-state index is 12.9. The Kier molecular flexibility index (Phi) is 61.8. The van der Waals surface area contributed by atoms with Gasteiger partial charge in [-0.05, 0) is 109 Å². The molecule has 0 aromatic carbocycles. The summed E-state index contributed by atoms with van der Waals surface area (Å²) in [4.78, 5) is 38.3. The van der Waals surface area contributed by atoms with Gasteiger partial charge in [0.2, 0.25) is 0 Å². The predicted octanol–water partition coefficient (Wildman–Crippen LogP) is 22.4. The van der Waals surface area contributed by atoms with Crippen molar-refractivity contribution in [1.82, 2.24) is 0 Å². The van der Waals surface area contributed by atoms with Gasteiger partial charge in [-0.15, -0.1) is 0 Å². The summed E-state index contributed by atoms with van der Waals surface area (Å²) in [6.07, 6.45) is 87.2. The molecule has 0 radical (unpaired) electrons. The van der Waals surface area contributed by atoms with Crippen LogP contribution in [0.1, 0.15) is 316 Å². The van der Waals surface area contributed by atoms with E-state index < -0.39 is 12.1 Å². The fourth-order valence-electron chi connectivity index (χ4n) is 9.17. The number of hydrogen-bond acceptors (Lipinski definition) is 6. The van der Waals surface area contributed by atoms with Crippen LogP contribution in [-0.2, 0) is 28.6 Å². The largest absolute Gasteiger partial charge is 0.462 e. The van der Waals surface area contributed by atoms with E-state index in [1.165, 1.54) is 180 Å². The van der Waals surface area contributed by atoms with Crippen molar-refractivity contribution in [3.63, 3.8) is 0 Å². The highest BCUT2D eigenvalue weighted by molar-refractivity contribution is 5.71. The summed E-state index contributed by atoms with van der Waals surface area (Å²) in [5.74, 6) is -0.993. The van der Waals surface area contributed by atoms with Crippen LogP contribution in [0.4, 0.5) is 0 Å². The third kappa shape index (κ3) is 63.0. The molecule has 0 fully saturated rings. The zero-order valence-corrected chi connectivity index (χ0v) is 50.7. The number of rotatable bonds is 59. The Hall–Kier alpha value is -3.67. The van der Waals surface area contributed by atoms with Crippen molar-refractivity contribution in [1.29, 1.82) is 0 Å². The lowest BCUT2D eigenvalue weighted by atomic mass is 10.0. The summed E-state index contributed by atoms with van der Waals surface area (Å²) in [6.45, 7) is 6.48. The number of esters is 3. The van der Waals surface area contributed by atoms with E-state index in [0.717, 1.165) is 89.9 Å². The first-order valence-corrected chi connectivity index (χ1v) is 32.7. The average Bonchev–Trinajstić information content (AvgIpc) is 3.43. The molecule has 1 atom stereocenters. The first kappa shape index (κ1) is 73.3. The molecule has 77 heavy (non-hydrogen) atoms. The minimum absolute atomic E-state index is 0.109. The number of carbonyl (C=O) groups is 3. The fourth-order valence-corrected chi connectivity index (χ4v) is 9.17.